The molecule has 0 saturated heterocycles. The number of anilines is 1. The van der Waals surface area contributed by atoms with Crippen molar-refractivity contribution in [2.24, 2.45) is 5.73 Å². The van der Waals surface area contributed by atoms with Crippen LogP contribution in [0.4, 0.5) is 5.13 Å². The lowest BCUT2D eigenvalue weighted by Gasteiger charge is -2.06. The fourth-order valence-electron chi connectivity index (χ4n) is 2.31. The highest BCUT2D eigenvalue weighted by Crippen LogP contribution is 2.27. The summed E-state index contributed by atoms with van der Waals surface area (Å²) in [5, 5.41) is 5.15. The third kappa shape index (κ3) is 4.33. The summed E-state index contributed by atoms with van der Waals surface area (Å²) in [5.41, 5.74) is 9.31. The molecule has 4 N–H and O–H groups in total. The molecular formula is C18H18N4O2S2. The van der Waals surface area contributed by atoms with Crippen LogP contribution in [0.2, 0.25) is 0 Å². The van der Waals surface area contributed by atoms with Gasteiger partial charge in [0.15, 0.2) is 5.13 Å². The van der Waals surface area contributed by atoms with Crippen molar-refractivity contribution >= 4 is 40.0 Å². The number of amides is 2. The van der Waals surface area contributed by atoms with E-state index >= 15 is 0 Å². The van der Waals surface area contributed by atoms with Crippen LogP contribution in [0.5, 0.6) is 0 Å². The number of nitrogens with zero attached hydrogens (tertiary/aromatic N) is 1. The number of H-pyrrole nitrogens is 1. The summed E-state index contributed by atoms with van der Waals surface area (Å²) in [6, 6.07) is 7.83. The van der Waals surface area contributed by atoms with Gasteiger partial charge in [0.1, 0.15) is 5.69 Å². The van der Waals surface area contributed by atoms with Crippen molar-refractivity contribution < 1.29 is 9.59 Å². The first kappa shape index (κ1) is 18.2. The van der Waals surface area contributed by atoms with Crippen molar-refractivity contribution in [1.82, 2.24) is 9.97 Å². The van der Waals surface area contributed by atoms with Crippen molar-refractivity contribution in [1.29, 1.82) is 0 Å². The van der Waals surface area contributed by atoms with E-state index in [1.54, 1.807) is 12.3 Å². The first-order chi connectivity index (χ1) is 12.4. The number of aromatic amines is 1. The van der Waals surface area contributed by atoms with Crippen molar-refractivity contribution in [2.75, 3.05) is 11.1 Å². The Labute approximate surface area is 159 Å². The smallest absolute Gasteiger partial charge is 0.265 e. The standard InChI is InChI=1S/C18H18N4O2S2/c1-10-3-4-11(2)15(5-10)25-9-16(23)22-18-21-14(8-26-18)12-6-13(17(19)24)20-7-12/h3-8,20H,9H2,1-2H3,(H2,19,24)(H,21,22,23). The second-order valence-electron chi connectivity index (χ2n) is 5.81. The highest BCUT2D eigenvalue weighted by Gasteiger charge is 2.12. The van der Waals surface area contributed by atoms with Crippen LogP contribution in [0.15, 0.2) is 40.7 Å². The Morgan fingerprint density at radius 1 is 1.31 bits per heavy atom. The molecule has 0 unspecified atom stereocenters. The molecule has 1 aromatic carbocycles. The summed E-state index contributed by atoms with van der Waals surface area (Å²) < 4.78 is 0. The Morgan fingerprint density at radius 3 is 2.85 bits per heavy atom. The van der Waals surface area contributed by atoms with E-state index in [1.807, 2.05) is 19.2 Å². The number of hydrogen-bond donors (Lipinski definition) is 3. The number of nitrogens with two attached hydrogens (primary N) is 1. The average molecular weight is 387 g/mol. The molecule has 2 heterocycles. The Bertz CT molecular complexity index is 962. The number of thioether (sulfide) groups is 1. The number of aryl methyl sites for hydroxylation is 2. The van der Waals surface area contributed by atoms with Gasteiger partial charge in [-0.05, 0) is 31.5 Å². The summed E-state index contributed by atoms with van der Waals surface area (Å²) in [6.07, 6.45) is 1.66. The second kappa shape index (κ2) is 7.76. The molecule has 3 rings (SSSR count). The van der Waals surface area contributed by atoms with Crippen molar-refractivity contribution in [3.63, 3.8) is 0 Å². The van der Waals surface area contributed by atoms with Gasteiger partial charge in [-0.3, -0.25) is 9.59 Å². The number of carbonyl (C=O) groups is 2. The predicted octanol–water partition coefficient (Wildman–Crippen LogP) is 3.58. The van der Waals surface area contributed by atoms with Gasteiger partial charge >= 0.3 is 0 Å². The minimum Gasteiger partial charge on any atom is -0.364 e. The Morgan fingerprint density at radius 2 is 2.12 bits per heavy atom. The van der Waals surface area contributed by atoms with Gasteiger partial charge in [0.25, 0.3) is 5.91 Å². The van der Waals surface area contributed by atoms with Crippen LogP contribution in [0.3, 0.4) is 0 Å². The SMILES string of the molecule is Cc1ccc(C)c(SCC(=O)Nc2nc(-c3c[nH]c(C(N)=O)c3)cs2)c1. The molecular weight excluding hydrogens is 368 g/mol. The molecule has 0 aliphatic heterocycles. The molecule has 2 amide bonds. The van der Waals surface area contributed by atoms with Crippen LogP contribution in [0.25, 0.3) is 11.3 Å². The first-order valence-corrected chi connectivity index (χ1v) is 9.73. The maximum Gasteiger partial charge on any atom is 0.265 e. The molecule has 0 atom stereocenters. The number of rotatable bonds is 6. The summed E-state index contributed by atoms with van der Waals surface area (Å²) in [6.45, 7) is 4.06. The largest absolute Gasteiger partial charge is 0.364 e. The third-order valence-corrected chi connectivity index (χ3v) is 5.61. The van der Waals surface area contributed by atoms with Gasteiger partial charge in [0.05, 0.1) is 11.4 Å². The van der Waals surface area contributed by atoms with E-state index in [0.29, 0.717) is 22.3 Å². The zero-order valence-corrected chi connectivity index (χ0v) is 16.0. The van der Waals surface area contributed by atoms with Crippen LogP contribution < -0.4 is 11.1 Å². The molecule has 0 radical (unpaired) electrons. The van der Waals surface area contributed by atoms with E-state index in [1.165, 1.54) is 28.7 Å². The molecule has 0 spiro atoms. The van der Waals surface area contributed by atoms with Gasteiger partial charge in [-0.25, -0.2) is 4.98 Å². The topological polar surface area (TPSA) is 101 Å². The van der Waals surface area contributed by atoms with Crippen LogP contribution >= 0.6 is 23.1 Å². The molecule has 0 aliphatic rings. The monoisotopic (exact) mass is 386 g/mol. The summed E-state index contributed by atoms with van der Waals surface area (Å²) in [4.78, 5) is 31.6. The zero-order chi connectivity index (χ0) is 18.7. The van der Waals surface area contributed by atoms with E-state index < -0.39 is 5.91 Å². The highest BCUT2D eigenvalue weighted by atomic mass is 32.2. The summed E-state index contributed by atoms with van der Waals surface area (Å²) in [5.74, 6) is -0.318. The number of hydrogen-bond acceptors (Lipinski definition) is 5. The molecule has 26 heavy (non-hydrogen) atoms. The Kier molecular flexibility index (Phi) is 5.43. The van der Waals surface area contributed by atoms with Crippen LogP contribution in [0, 0.1) is 13.8 Å². The molecule has 134 valence electrons. The molecule has 0 saturated carbocycles. The van der Waals surface area contributed by atoms with Crippen LogP contribution in [-0.4, -0.2) is 27.5 Å². The number of primary amides is 1. The fourth-order valence-corrected chi connectivity index (χ4v) is 3.97. The first-order valence-electron chi connectivity index (χ1n) is 7.86. The molecule has 8 heteroatoms. The lowest BCUT2D eigenvalue weighted by Crippen LogP contribution is -2.13. The van der Waals surface area contributed by atoms with Gasteiger partial charge in [-0.1, -0.05) is 17.7 Å². The molecule has 0 fully saturated rings. The molecule has 3 aromatic rings. The number of carbonyl (C=O) groups excluding carboxylic acids is 2. The van der Waals surface area contributed by atoms with Gasteiger partial charge in [-0.15, -0.1) is 23.1 Å². The van der Waals surface area contributed by atoms with E-state index in [-0.39, 0.29) is 5.91 Å². The fraction of sp³-hybridized carbons (Fsp3) is 0.167. The van der Waals surface area contributed by atoms with E-state index in [2.05, 4.69) is 33.5 Å². The van der Waals surface area contributed by atoms with Crippen LogP contribution in [0.1, 0.15) is 21.6 Å². The molecule has 2 aromatic heterocycles. The lowest BCUT2D eigenvalue weighted by molar-refractivity contribution is -0.113. The van der Waals surface area contributed by atoms with Gasteiger partial charge in [0, 0.05) is 22.0 Å². The second-order valence-corrected chi connectivity index (χ2v) is 7.69. The van der Waals surface area contributed by atoms with Crippen LogP contribution in [-0.2, 0) is 4.79 Å². The van der Waals surface area contributed by atoms with Crippen molar-refractivity contribution in [3.05, 3.63) is 52.7 Å². The van der Waals surface area contributed by atoms with Gasteiger partial charge in [0.2, 0.25) is 5.91 Å². The quantitative estimate of drug-likeness (QED) is 0.564. The van der Waals surface area contributed by atoms with E-state index in [0.717, 1.165) is 16.0 Å². The zero-order valence-electron chi connectivity index (χ0n) is 14.3. The highest BCUT2D eigenvalue weighted by molar-refractivity contribution is 8.00. The maximum absolute atomic E-state index is 12.2. The summed E-state index contributed by atoms with van der Waals surface area (Å²) in [7, 11) is 0. The third-order valence-electron chi connectivity index (χ3n) is 3.70. The normalized spacial score (nSPS) is 10.7. The number of benzene rings is 1. The summed E-state index contributed by atoms with van der Waals surface area (Å²) >= 11 is 2.84. The lowest BCUT2D eigenvalue weighted by atomic mass is 10.2. The molecule has 6 nitrogen and oxygen atoms in total. The Balaban J connectivity index is 1.60. The van der Waals surface area contributed by atoms with Gasteiger partial charge < -0.3 is 16.0 Å². The number of nitrogens with one attached hydrogen (secondary N) is 2. The molecule has 0 bridgehead atoms. The minimum absolute atomic E-state index is 0.108. The van der Waals surface area contributed by atoms with E-state index in [9.17, 15) is 9.59 Å². The maximum atomic E-state index is 12.2. The van der Waals surface area contributed by atoms with Crippen molar-refractivity contribution in [3.8, 4) is 11.3 Å². The molecule has 0 aliphatic carbocycles. The average Bonchev–Trinajstić information content (AvgIpc) is 3.24. The van der Waals surface area contributed by atoms with E-state index in [4.69, 9.17) is 5.73 Å². The minimum atomic E-state index is -0.525. The van der Waals surface area contributed by atoms with Gasteiger partial charge in [-0.2, -0.15) is 0 Å². The predicted molar refractivity (Wildman–Crippen MR) is 106 cm³/mol. The number of aromatic nitrogens is 2. The number of thiazole rings is 1. The Hall–Kier alpha value is -2.58. The van der Waals surface area contributed by atoms with Crippen molar-refractivity contribution in [2.45, 2.75) is 18.7 Å².